The van der Waals surface area contributed by atoms with Crippen LogP contribution in [0.25, 0.3) is 0 Å². The molecule has 0 aliphatic heterocycles. The van der Waals surface area contributed by atoms with E-state index in [1.165, 1.54) is 11.8 Å². The van der Waals surface area contributed by atoms with Gasteiger partial charge in [0.2, 0.25) is 0 Å². The van der Waals surface area contributed by atoms with Crippen LogP contribution in [-0.2, 0) is 4.79 Å². The molecule has 1 unspecified atom stereocenters. The van der Waals surface area contributed by atoms with E-state index in [0.29, 0.717) is 0 Å². The number of carboxylic acid groups (broad SMARTS) is 1. The molecule has 0 bridgehead atoms. The molecule has 0 aromatic carbocycles. The Bertz CT molecular complexity index is 473. The third-order valence-corrected chi connectivity index (χ3v) is 4.86. The number of carboxylic acids is 1. The van der Waals surface area contributed by atoms with Gasteiger partial charge in [0.25, 0.3) is 0 Å². The summed E-state index contributed by atoms with van der Waals surface area (Å²) in [5.41, 5.74) is 0. The van der Waals surface area contributed by atoms with Gasteiger partial charge in [-0.05, 0) is 64.0 Å². The summed E-state index contributed by atoms with van der Waals surface area (Å²) in [6.07, 6.45) is 30.5. The highest BCUT2D eigenvalue weighted by molar-refractivity contribution is 8.00. The fourth-order valence-corrected chi connectivity index (χ4v) is 2.93. The lowest BCUT2D eigenvalue weighted by Gasteiger charge is -2.04. The van der Waals surface area contributed by atoms with E-state index in [0.717, 1.165) is 57.1 Å². The molecule has 3 heteroatoms. The highest BCUT2D eigenvalue weighted by atomic mass is 32.2. The molecule has 0 spiro atoms. The molecular weight excluding hydrogens is 340 g/mol. The summed E-state index contributed by atoms with van der Waals surface area (Å²) in [6, 6.07) is 0. The number of carbonyl (C=O) groups is 1. The minimum absolute atomic E-state index is 0.288. The van der Waals surface area contributed by atoms with Gasteiger partial charge in [-0.2, -0.15) is 0 Å². The molecule has 0 aromatic heterocycles. The monoisotopic (exact) mass is 376 g/mol. The Morgan fingerprint density at radius 3 is 1.73 bits per heavy atom. The topological polar surface area (TPSA) is 37.3 Å². The van der Waals surface area contributed by atoms with Crippen molar-refractivity contribution >= 4 is 17.7 Å². The molecule has 0 rings (SSSR count). The van der Waals surface area contributed by atoms with Gasteiger partial charge in [-0.1, -0.05) is 67.7 Å². The molecule has 0 aromatic rings. The summed E-state index contributed by atoms with van der Waals surface area (Å²) < 4.78 is 0. The lowest BCUT2D eigenvalue weighted by molar-refractivity contribution is -0.136. The van der Waals surface area contributed by atoms with E-state index < -0.39 is 5.97 Å². The van der Waals surface area contributed by atoms with Gasteiger partial charge in [0.15, 0.2) is 0 Å². The lowest BCUT2D eigenvalue weighted by Crippen LogP contribution is -2.11. The number of unbranched alkanes of at least 4 members (excludes halogenated alkanes) is 2. The summed E-state index contributed by atoms with van der Waals surface area (Å²) in [4.78, 5) is 10.7. The van der Waals surface area contributed by atoms with Gasteiger partial charge in [-0.15, -0.1) is 11.8 Å². The molecule has 0 fully saturated rings. The van der Waals surface area contributed by atoms with Crippen molar-refractivity contribution in [2.24, 2.45) is 0 Å². The molecule has 1 atom stereocenters. The molecule has 0 radical (unpaired) electrons. The standard InChI is InChI=1S/C23H36O2S/c1-3-4-5-6-7-8-9-10-11-12-13-14-15-16-17-18-19-20-21-26-22(2)23(24)25/h4-5,7-8,10-11,13-14,16-17,22H,3,6,9,12,15,18-21H2,1-2H3,(H,24,25)/b5-4-,8-7-,11-10-,14-13-,17-16-. The van der Waals surface area contributed by atoms with Crippen LogP contribution in [0.15, 0.2) is 60.8 Å². The van der Waals surface area contributed by atoms with E-state index in [1.807, 2.05) is 0 Å². The Labute approximate surface area is 164 Å². The number of allylic oxidation sites excluding steroid dienone is 10. The third kappa shape index (κ3) is 18.9. The maximum atomic E-state index is 10.7. The number of hydrogen-bond acceptors (Lipinski definition) is 2. The molecule has 0 aliphatic rings. The first-order chi connectivity index (χ1) is 12.7. The maximum absolute atomic E-state index is 10.7. The first kappa shape index (κ1) is 24.5. The summed E-state index contributed by atoms with van der Waals surface area (Å²) in [6.45, 7) is 3.90. The van der Waals surface area contributed by atoms with Crippen molar-refractivity contribution < 1.29 is 9.90 Å². The van der Waals surface area contributed by atoms with Crippen LogP contribution in [-0.4, -0.2) is 22.1 Å². The second kappa shape index (κ2) is 19.8. The molecule has 0 saturated carbocycles. The van der Waals surface area contributed by atoms with Crippen LogP contribution in [0.1, 0.15) is 65.2 Å². The minimum atomic E-state index is -0.715. The molecular formula is C23H36O2S. The van der Waals surface area contributed by atoms with E-state index in [2.05, 4.69) is 67.7 Å². The van der Waals surface area contributed by atoms with E-state index in [4.69, 9.17) is 5.11 Å². The quantitative estimate of drug-likeness (QED) is 0.230. The average Bonchev–Trinajstić information content (AvgIpc) is 2.63. The van der Waals surface area contributed by atoms with Gasteiger partial charge in [-0.25, -0.2) is 0 Å². The third-order valence-electron chi connectivity index (χ3n) is 3.64. The smallest absolute Gasteiger partial charge is 0.316 e. The molecule has 146 valence electrons. The highest BCUT2D eigenvalue weighted by Crippen LogP contribution is 2.13. The van der Waals surface area contributed by atoms with Gasteiger partial charge in [-0.3, -0.25) is 4.79 Å². The predicted octanol–water partition coefficient (Wildman–Crippen LogP) is 7.11. The Kier molecular flexibility index (Phi) is 18.7. The molecule has 2 nitrogen and oxygen atoms in total. The Morgan fingerprint density at radius 2 is 1.27 bits per heavy atom. The number of thioether (sulfide) groups is 1. The van der Waals surface area contributed by atoms with E-state index in [9.17, 15) is 4.79 Å². The van der Waals surface area contributed by atoms with Gasteiger partial charge in [0.05, 0.1) is 5.25 Å². The summed E-state index contributed by atoms with van der Waals surface area (Å²) in [5, 5.41) is 8.50. The highest BCUT2D eigenvalue weighted by Gasteiger charge is 2.09. The van der Waals surface area contributed by atoms with Crippen molar-refractivity contribution in [3.63, 3.8) is 0 Å². The van der Waals surface area contributed by atoms with Crippen molar-refractivity contribution in [1.29, 1.82) is 0 Å². The van der Waals surface area contributed by atoms with Gasteiger partial charge >= 0.3 is 5.97 Å². The minimum Gasteiger partial charge on any atom is -0.480 e. The molecule has 0 heterocycles. The molecule has 0 amide bonds. The van der Waals surface area contributed by atoms with Crippen LogP contribution in [0, 0.1) is 0 Å². The summed E-state index contributed by atoms with van der Waals surface area (Å²) in [5.74, 6) is 0.214. The second-order valence-corrected chi connectivity index (χ2v) is 7.50. The van der Waals surface area contributed by atoms with Gasteiger partial charge < -0.3 is 5.11 Å². The summed E-state index contributed by atoms with van der Waals surface area (Å²) in [7, 11) is 0. The fourth-order valence-electron chi connectivity index (χ4n) is 2.06. The first-order valence-corrected chi connectivity index (χ1v) is 10.8. The molecule has 0 saturated heterocycles. The van der Waals surface area contributed by atoms with E-state index >= 15 is 0 Å². The van der Waals surface area contributed by atoms with Crippen molar-refractivity contribution in [3.05, 3.63) is 60.8 Å². The van der Waals surface area contributed by atoms with Gasteiger partial charge in [0, 0.05) is 0 Å². The van der Waals surface area contributed by atoms with Crippen LogP contribution >= 0.6 is 11.8 Å². The van der Waals surface area contributed by atoms with Crippen molar-refractivity contribution in [3.8, 4) is 0 Å². The normalized spacial score (nSPS) is 13.9. The fraction of sp³-hybridized carbons (Fsp3) is 0.522. The second-order valence-electron chi connectivity index (χ2n) is 6.06. The van der Waals surface area contributed by atoms with Gasteiger partial charge in [0.1, 0.15) is 0 Å². The first-order valence-electron chi connectivity index (χ1n) is 9.77. The van der Waals surface area contributed by atoms with Crippen LogP contribution in [0.3, 0.4) is 0 Å². The maximum Gasteiger partial charge on any atom is 0.316 e. The molecule has 26 heavy (non-hydrogen) atoms. The Morgan fingerprint density at radius 1 is 0.808 bits per heavy atom. The zero-order valence-electron chi connectivity index (χ0n) is 16.5. The van der Waals surface area contributed by atoms with Crippen molar-refractivity contribution in [1.82, 2.24) is 0 Å². The summed E-state index contributed by atoms with van der Waals surface area (Å²) >= 11 is 1.52. The Balaban J connectivity index is 3.46. The molecule has 1 N–H and O–H groups in total. The zero-order chi connectivity index (χ0) is 19.3. The SMILES string of the molecule is CC/C=C\C/C=C\C/C=C\C/C=C\C/C=C\CCCCSC(C)C(=O)O. The number of hydrogen-bond donors (Lipinski definition) is 1. The average molecular weight is 377 g/mol. The van der Waals surface area contributed by atoms with Crippen molar-refractivity contribution in [2.45, 2.75) is 70.5 Å². The largest absolute Gasteiger partial charge is 0.480 e. The van der Waals surface area contributed by atoms with Crippen LogP contribution in [0.5, 0.6) is 0 Å². The molecule has 0 aliphatic carbocycles. The zero-order valence-corrected chi connectivity index (χ0v) is 17.3. The van der Waals surface area contributed by atoms with Crippen LogP contribution in [0.2, 0.25) is 0 Å². The number of aliphatic carboxylic acids is 1. The predicted molar refractivity (Wildman–Crippen MR) is 118 cm³/mol. The van der Waals surface area contributed by atoms with Crippen LogP contribution < -0.4 is 0 Å². The van der Waals surface area contributed by atoms with Crippen LogP contribution in [0.4, 0.5) is 0 Å². The number of rotatable bonds is 16. The van der Waals surface area contributed by atoms with E-state index in [1.54, 1.807) is 6.92 Å². The Hall–Kier alpha value is -1.48. The van der Waals surface area contributed by atoms with Crippen molar-refractivity contribution in [2.75, 3.05) is 5.75 Å². The lowest BCUT2D eigenvalue weighted by atomic mass is 10.2. The van der Waals surface area contributed by atoms with E-state index in [-0.39, 0.29) is 5.25 Å².